The molecule has 1 N–H and O–H groups in total. The van der Waals surface area contributed by atoms with Crippen LogP contribution in [0, 0.1) is 5.82 Å². The van der Waals surface area contributed by atoms with Crippen LogP contribution < -0.4 is 5.32 Å². The fourth-order valence-corrected chi connectivity index (χ4v) is 2.23. The van der Waals surface area contributed by atoms with Crippen molar-refractivity contribution in [3.05, 3.63) is 59.8 Å². The van der Waals surface area contributed by atoms with E-state index < -0.39 is 5.60 Å². The lowest BCUT2D eigenvalue weighted by Gasteiger charge is -2.20. The number of nitrogens with one attached hydrogen (secondary N) is 1. The van der Waals surface area contributed by atoms with Gasteiger partial charge in [-0.2, -0.15) is 0 Å². The van der Waals surface area contributed by atoms with Crippen molar-refractivity contribution in [3.8, 4) is 0 Å². The second-order valence-corrected chi connectivity index (χ2v) is 5.31. The Bertz CT molecular complexity index is 695. The van der Waals surface area contributed by atoms with Crippen molar-refractivity contribution in [2.45, 2.75) is 25.5 Å². The Kier molecular flexibility index (Phi) is 3.66. The maximum Gasteiger partial charge on any atom is 0.267 e. The zero-order valence-corrected chi connectivity index (χ0v) is 12.0. The number of furan rings is 1. The smallest absolute Gasteiger partial charge is 0.267 e. The predicted molar refractivity (Wildman–Crippen MR) is 77.6 cm³/mol. The van der Waals surface area contributed by atoms with Crippen LogP contribution in [0.1, 0.15) is 24.7 Å². The van der Waals surface area contributed by atoms with Gasteiger partial charge >= 0.3 is 0 Å². The van der Waals surface area contributed by atoms with Gasteiger partial charge in [-0.05, 0) is 36.8 Å². The summed E-state index contributed by atoms with van der Waals surface area (Å²) in [6.45, 7) is 1.96. The molecule has 0 saturated heterocycles. The van der Waals surface area contributed by atoms with E-state index in [0.717, 1.165) is 5.56 Å². The minimum Gasteiger partial charge on any atom is -0.467 e. The van der Waals surface area contributed by atoms with Crippen molar-refractivity contribution < 1.29 is 18.4 Å². The molecule has 2 aromatic rings. The Morgan fingerprint density at radius 2 is 2.14 bits per heavy atom. The Balaban J connectivity index is 1.63. The van der Waals surface area contributed by atoms with Crippen LogP contribution in [-0.2, 0) is 16.2 Å². The molecular weight excluding hydrogens is 287 g/mol. The number of oxime groups is 1. The summed E-state index contributed by atoms with van der Waals surface area (Å²) in [5.41, 5.74) is 0.288. The Labute approximate surface area is 126 Å². The molecule has 0 saturated carbocycles. The number of benzene rings is 1. The van der Waals surface area contributed by atoms with E-state index in [1.165, 1.54) is 12.1 Å². The van der Waals surface area contributed by atoms with Crippen LogP contribution in [0.5, 0.6) is 0 Å². The number of amides is 1. The van der Waals surface area contributed by atoms with Crippen molar-refractivity contribution in [3.63, 3.8) is 0 Å². The van der Waals surface area contributed by atoms with Gasteiger partial charge in [0, 0.05) is 6.42 Å². The molecular formula is C16H15FN2O3. The third-order valence-electron chi connectivity index (χ3n) is 3.52. The van der Waals surface area contributed by atoms with E-state index >= 15 is 0 Å². The molecule has 114 valence electrons. The molecule has 0 radical (unpaired) electrons. The van der Waals surface area contributed by atoms with Gasteiger partial charge in [-0.3, -0.25) is 4.79 Å². The second-order valence-electron chi connectivity index (χ2n) is 5.31. The van der Waals surface area contributed by atoms with Crippen molar-refractivity contribution in [2.75, 3.05) is 0 Å². The summed E-state index contributed by atoms with van der Waals surface area (Å²) in [4.78, 5) is 17.6. The summed E-state index contributed by atoms with van der Waals surface area (Å²) in [6, 6.07) is 9.46. The molecule has 1 aromatic heterocycles. The topological polar surface area (TPSA) is 63.8 Å². The fraction of sp³-hybridized carbons (Fsp3) is 0.250. The summed E-state index contributed by atoms with van der Waals surface area (Å²) in [5, 5.41) is 6.72. The quantitative estimate of drug-likeness (QED) is 0.944. The molecule has 0 spiro atoms. The molecule has 1 aromatic carbocycles. The first kappa shape index (κ1) is 14.3. The summed E-state index contributed by atoms with van der Waals surface area (Å²) < 4.78 is 18.1. The molecule has 3 rings (SSSR count). The number of hydrogen-bond acceptors (Lipinski definition) is 4. The lowest BCUT2D eigenvalue weighted by Crippen LogP contribution is -2.44. The van der Waals surface area contributed by atoms with Crippen LogP contribution in [0.3, 0.4) is 0 Å². The highest BCUT2D eigenvalue weighted by Gasteiger charge is 2.42. The zero-order chi connectivity index (χ0) is 15.6. The van der Waals surface area contributed by atoms with Crippen molar-refractivity contribution in [1.82, 2.24) is 5.32 Å². The highest BCUT2D eigenvalue weighted by Crippen LogP contribution is 2.27. The van der Waals surface area contributed by atoms with E-state index in [4.69, 9.17) is 9.25 Å². The molecule has 1 aliphatic heterocycles. The minimum atomic E-state index is -1.07. The molecule has 0 bridgehead atoms. The van der Waals surface area contributed by atoms with Crippen LogP contribution in [-0.4, -0.2) is 17.2 Å². The lowest BCUT2D eigenvalue weighted by atomic mass is 9.95. The molecule has 1 aliphatic rings. The van der Waals surface area contributed by atoms with E-state index in [-0.39, 0.29) is 18.3 Å². The molecule has 1 atom stereocenters. The maximum atomic E-state index is 12.9. The average Bonchev–Trinajstić information content (AvgIpc) is 3.16. The molecule has 1 amide bonds. The van der Waals surface area contributed by atoms with Crippen molar-refractivity contribution in [1.29, 1.82) is 0 Å². The van der Waals surface area contributed by atoms with Crippen LogP contribution in [0.25, 0.3) is 0 Å². The first-order valence-electron chi connectivity index (χ1n) is 6.88. The number of carbonyl (C=O) groups is 1. The van der Waals surface area contributed by atoms with Gasteiger partial charge in [0.1, 0.15) is 11.6 Å². The monoisotopic (exact) mass is 302 g/mol. The molecule has 5 nitrogen and oxygen atoms in total. The molecule has 0 unspecified atom stereocenters. The third-order valence-corrected chi connectivity index (χ3v) is 3.52. The van der Waals surface area contributed by atoms with E-state index in [0.29, 0.717) is 17.9 Å². The average molecular weight is 302 g/mol. The fourth-order valence-electron chi connectivity index (χ4n) is 2.23. The van der Waals surface area contributed by atoms with Gasteiger partial charge in [-0.25, -0.2) is 4.39 Å². The SMILES string of the molecule is C[C@]1(C(=O)NCc2ccco2)CC(c2ccc(F)cc2)=NO1. The van der Waals surface area contributed by atoms with E-state index in [1.54, 1.807) is 37.5 Å². The molecule has 2 heterocycles. The lowest BCUT2D eigenvalue weighted by molar-refractivity contribution is -0.141. The first-order chi connectivity index (χ1) is 10.6. The van der Waals surface area contributed by atoms with Gasteiger partial charge in [-0.15, -0.1) is 0 Å². The molecule has 22 heavy (non-hydrogen) atoms. The molecule has 0 aliphatic carbocycles. The molecule has 0 fully saturated rings. The Hall–Kier alpha value is -2.63. The Morgan fingerprint density at radius 1 is 1.36 bits per heavy atom. The van der Waals surface area contributed by atoms with Gasteiger partial charge in [0.25, 0.3) is 5.91 Å². The van der Waals surface area contributed by atoms with Crippen molar-refractivity contribution in [2.24, 2.45) is 5.16 Å². The van der Waals surface area contributed by atoms with Gasteiger partial charge in [-0.1, -0.05) is 17.3 Å². The summed E-state index contributed by atoms with van der Waals surface area (Å²) in [6.07, 6.45) is 1.87. The first-order valence-corrected chi connectivity index (χ1v) is 6.88. The third kappa shape index (κ3) is 2.86. The minimum absolute atomic E-state index is 0.273. The van der Waals surface area contributed by atoms with E-state index in [1.807, 2.05) is 0 Å². The predicted octanol–water partition coefficient (Wildman–Crippen LogP) is 2.62. The van der Waals surface area contributed by atoms with E-state index in [2.05, 4.69) is 10.5 Å². The zero-order valence-electron chi connectivity index (χ0n) is 12.0. The number of carbonyl (C=O) groups excluding carboxylic acids is 1. The van der Waals surface area contributed by atoms with Gasteiger partial charge in [0.15, 0.2) is 0 Å². The Morgan fingerprint density at radius 3 is 2.82 bits per heavy atom. The summed E-state index contributed by atoms with van der Waals surface area (Å²) in [7, 11) is 0. The normalized spacial score (nSPS) is 20.4. The highest BCUT2D eigenvalue weighted by atomic mass is 19.1. The number of hydrogen-bond donors (Lipinski definition) is 1. The van der Waals surface area contributed by atoms with Crippen LogP contribution in [0.4, 0.5) is 4.39 Å². The van der Waals surface area contributed by atoms with Gasteiger partial charge in [0.2, 0.25) is 5.60 Å². The van der Waals surface area contributed by atoms with Gasteiger partial charge in [0.05, 0.1) is 18.5 Å². The van der Waals surface area contributed by atoms with Crippen LogP contribution >= 0.6 is 0 Å². The number of halogens is 1. The number of rotatable bonds is 4. The number of nitrogens with zero attached hydrogens (tertiary/aromatic N) is 1. The van der Waals surface area contributed by atoms with Crippen LogP contribution in [0.15, 0.2) is 52.2 Å². The maximum absolute atomic E-state index is 12.9. The largest absolute Gasteiger partial charge is 0.467 e. The van der Waals surface area contributed by atoms with Gasteiger partial charge < -0.3 is 14.6 Å². The summed E-state index contributed by atoms with van der Waals surface area (Å²) >= 11 is 0. The highest BCUT2D eigenvalue weighted by molar-refractivity contribution is 6.05. The summed E-state index contributed by atoms with van der Waals surface area (Å²) in [5.74, 6) is 0.0709. The van der Waals surface area contributed by atoms with E-state index in [9.17, 15) is 9.18 Å². The standard InChI is InChI=1S/C16H15FN2O3/c1-16(15(20)18-10-13-3-2-8-21-13)9-14(19-22-16)11-4-6-12(17)7-5-11/h2-8H,9-10H2,1H3,(H,18,20)/t16-/m1/s1. The van der Waals surface area contributed by atoms with Crippen molar-refractivity contribution >= 4 is 11.6 Å². The second kappa shape index (κ2) is 5.63. The molecule has 6 heteroatoms. The van der Waals surface area contributed by atoms with Crippen LogP contribution in [0.2, 0.25) is 0 Å².